The Morgan fingerprint density at radius 3 is 2.80 bits per heavy atom. The maximum absolute atomic E-state index is 11.2. The van der Waals surface area contributed by atoms with Crippen LogP contribution in [0.3, 0.4) is 0 Å². The number of carbonyl (C=O) groups excluding carboxylic acids is 1. The summed E-state index contributed by atoms with van der Waals surface area (Å²) in [6, 6.07) is 0. The molecule has 0 radical (unpaired) electrons. The third-order valence-corrected chi connectivity index (χ3v) is 1.42. The molecule has 0 bridgehead atoms. The highest BCUT2D eigenvalue weighted by Crippen LogP contribution is 2.11. The van der Waals surface area contributed by atoms with Crippen molar-refractivity contribution in [3.63, 3.8) is 0 Å². The molecule has 0 atom stereocenters. The van der Waals surface area contributed by atoms with Gasteiger partial charge < -0.3 is 0 Å². The lowest BCUT2D eigenvalue weighted by Gasteiger charge is -1.99. The third kappa shape index (κ3) is 1.32. The normalized spacial score (nSPS) is 16.1. The summed E-state index contributed by atoms with van der Waals surface area (Å²) in [5.41, 5.74) is 0.634. The molecule has 0 aliphatic carbocycles. The second kappa shape index (κ2) is 2.78. The van der Waals surface area contributed by atoms with Crippen LogP contribution in [0.2, 0.25) is 0 Å². The van der Waals surface area contributed by atoms with Crippen molar-refractivity contribution in [3.05, 3.63) is 11.8 Å². The summed E-state index contributed by atoms with van der Waals surface area (Å²) in [6.07, 6.45) is 4.44. The minimum absolute atomic E-state index is 0.0708. The van der Waals surface area contributed by atoms with Crippen LogP contribution < -0.4 is 0 Å². The largest absolute Gasteiger partial charge is 0.292 e. The Hall–Kier alpha value is -0.920. The standard InChI is InChI=1S/C8H11NO/c1-6(2)8(10)7-4-3-5-9-7/h4-6H,3H2,1-2H3. The van der Waals surface area contributed by atoms with E-state index in [9.17, 15) is 4.79 Å². The van der Waals surface area contributed by atoms with Gasteiger partial charge in [-0.05, 0) is 6.08 Å². The first-order valence-electron chi connectivity index (χ1n) is 3.48. The van der Waals surface area contributed by atoms with E-state index < -0.39 is 0 Å². The summed E-state index contributed by atoms with van der Waals surface area (Å²) in [5, 5.41) is 0. The Kier molecular flexibility index (Phi) is 2.00. The lowest BCUT2D eigenvalue weighted by molar-refractivity contribution is -0.118. The molecule has 2 heteroatoms. The van der Waals surface area contributed by atoms with Crippen LogP contribution in [0, 0.1) is 5.92 Å². The smallest absolute Gasteiger partial charge is 0.183 e. The van der Waals surface area contributed by atoms with E-state index in [2.05, 4.69) is 4.99 Å². The number of aliphatic imine (C=N–C) groups is 1. The average molecular weight is 137 g/mol. The van der Waals surface area contributed by atoms with Crippen LogP contribution in [0.1, 0.15) is 20.3 Å². The molecule has 0 spiro atoms. The third-order valence-electron chi connectivity index (χ3n) is 1.42. The summed E-state index contributed by atoms with van der Waals surface area (Å²) in [5.74, 6) is 0.218. The van der Waals surface area contributed by atoms with Crippen molar-refractivity contribution >= 4 is 12.0 Å². The zero-order chi connectivity index (χ0) is 7.56. The molecular formula is C8H11NO. The molecule has 2 nitrogen and oxygen atoms in total. The van der Waals surface area contributed by atoms with Gasteiger partial charge in [-0.15, -0.1) is 0 Å². The number of nitrogens with zero attached hydrogens (tertiary/aromatic N) is 1. The summed E-state index contributed by atoms with van der Waals surface area (Å²) >= 11 is 0. The first-order valence-corrected chi connectivity index (χ1v) is 3.48. The number of hydrogen-bond donors (Lipinski definition) is 0. The van der Waals surface area contributed by atoms with Gasteiger partial charge in [0.2, 0.25) is 0 Å². The topological polar surface area (TPSA) is 29.4 Å². The Labute approximate surface area is 60.7 Å². The van der Waals surface area contributed by atoms with Gasteiger partial charge in [0.15, 0.2) is 5.78 Å². The van der Waals surface area contributed by atoms with Crippen LogP contribution in [0.4, 0.5) is 0 Å². The molecule has 0 saturated heterocycles. The molecule has 54 valence electrons. The van der Waals surface area contributed by atoms with Crippen molar-refractivity contribution in [2.24, 2.45) is 10.9 Å². The number of allylic oxidation sites excluding steroid dienone is 2. The van der Waals surface area contributed by atoms with Gasteiger partial charge in [-0.2, -0.15) is 0 Å². The number of carbonyl (C=O) groups is 1. The predicted octanol–water partition coefficient (Wildman–Crippen LogP) is 1.57. The van der Waals surface area contributed by atoms with E-state index >= 15 is 0 Å². The maximum atomic E-state index is 11.2. The van der Waals surface area contributed by atoms with Gasteiger partial charge >= 0.3 is 0 Å². The van der Waals surface area contributed by atoms with E-state index in [1.165, 1.54) is 0 Å². The van der Waals surface area contributed by atoms with E-state index in [-0.39, 0.29) is 11.7 Å². The van der Waals surface area contributed by atoms with E-state index in [0.29, 0.717) is 5.70 Å². The molecule has 1 aliphatic rings. The van der Waals surface area contributed by atoms with Crippen molar-refractivity contribution in [1.29, 1.82) is 0 Å². The minimum Gasteiger partial charge on any atom is -0.292 e. The molecule has 0 N–H and O–H groups in total. The van der Waals surface area contributed by atoms with Crippen LogP contribution in [-0.4, -0.2) is 12.0 Å². The first kappa shape index (κ1) is 7.19. The first-order chi connectivity index (χ1) is 4.72. The molecule has 0 saturated carbocycles. The van der Waals surface area contributed by atoms with Crippen molar-refractivity contribution in [2.75, 3.05) is 0 Å². The molecule has 0 aromatic carbocycles. The van der Waals surface area contributed by atoms with E-state index in [0.717, 1.165) is 6.42 Å². The number of hydrogen-bond acceptors (Lipinski definition) is 2. The Morgan fingerprint density at radius 2 is 2.40 bits per heavy atom. The van der Waals surface area contributed by atoms with Crippen molar-refractivity contribution < 1.29 is 4.79 Å². The molecule has 0 aromatic rings. The van der Waals surface area contributed by atoms with Gasteiger partial charge in [-0.25, -0.2) is 0 Å². The molecule has 1 rings (SSSR count). The second-order valence-electron chi connectivity index (χ2n) is 2.66. The van der Waals surface area contributed by atoms with Crippen LogP contribution in [0.15, 0.2) is 16.8 Å². The molecule has 1 aliphatic heterocycles. The molecule has 0 aromatic heterocycles. The van der Waals surface area contributed by atoms with Gasteiger partial charge in [0.25, 0.3) is 0 Å². The fraction of sp³-hybridized carbons (Fsp3) is 0.500. The maximum Gasteiger partial charge on any atom is 0.183 e. The van der Waals surface area contributed by atoms with E-state index in [1.807, 2.05) is 19.9 Å². The lowest BCUT2D eigenvalue weighted by atomic mass is 10.1. The van der Waals surface area contributed by atoms with Crippen molar-refractivity contribution in [1.82, 2.24) is 0 Å². The highest BCUT2D eigenvalue weighted by atomic mass is 16.1. The van der Waals surface area contributed by atoms with E-state index in [1.54, 1.807) is 6.21 Å². The monoisotopic (exact) mass is 137 g/mol. The average Bonchev–Trinajstić information content (AvgIpc) is 2.36. The highest BCUT2D eigenvalue weighted by molar-refractivity contribution is 5.99. The van der Waals surface area contributed by atoms with Crippen LogP contribution in [0.5, 0.6) is 0 Å². The van der Waals surface area contributed by atoms with Crippen molar-refractivity contribution in [3.8, 4) is 0 Å². The van der Waals surface area contributed by atoms with Crippen LogP contribution >= 0.6 is 0 Å². The van der Waals surface area contributed by atoms with Crippen molar-refractivity contribution in [2.45, 2.75) is 20.3 Å². The molecule has 1 heterocycles. The Morgan fingerprint density at radius 1 is 1.70 bits per heavy atom. The fourth-order valence-electron chi connectivity index (χ4n) is 0.828. The summed E-state index contributed by atoms with van der Waals surface area (Å²) < 4.78 is 0. The zero-order valence-corrected chi connectivity index (χ0v) is 6.29. The SMILES string of the molecule is CC(C)C(=O)C1=CCC=N1. The fourth-order valence-corrected chi connectivity index (χ4v) is 0.828. The van der Waals surface area contributed by atoms with Crippen LogP contribution in [-0.2, 0) is 4.79 Å². The summed E-state index contributed by atoms with van der Waals surface area (Å²) in [4.78, 5) is 15.1. The van der Waals surface area contributed by atoms with Gasteiger partial charge in [-0.1, -0.05) is 13.8 Å². The zero-order valence-electron chi connectivity index (χ0n) is 6.29. The van der Waals surface area contributed by atoms with Gasteiger partial charge in [0, 0.05) is 18.6 Å². The lowest BCUT2D eigenvalue weighted by Crippen LogP contribution is -2.07. The quantitative estimate of drug-likeness (QED) is 0.568. The second-order valence-corrected chi connectivity index (χ2v) is 2.66. The Balaban J connectivity index is 2.66. The summed E-state index contributed by atoms with van der Waals surface area (Å²) in [7, 11) is 0. The summed E-state index contributed by atoms with van der Waals surface area (Å²) in [6.45, 7) is 3.77. The van der Waals surface area contributed by atoms with E-state index in [4.69, 9.17) is 0 Å². The molecule has 0 fully saturated rings. The molecule has 10 heavy (non-hydrogen) atoms. The molecule has 0 unspecified atom stereocenters. The predicted molar refractivity (Wildman–Crippen MR) is 41.0 cm³/mol. The molecule has 0 amide bonds. The van der Waals surface area contributed by atoms with Gasteiger partial charge in [-0.3, -0.25) is 9.79 Å². The molecular weight excluding hydrogens is 126 g/mol. The minimum atomic E-state index is 0.0708. The number of Topliss-reactive ketones (excluding diaryl/α,β-unsaturated/α-hetero) is 1. The Bertz CT molecular complexity index is 201. The highest BCUT2D eigenvalue weighted by Gasteiger charge is 2.13. The number of ketones is 1. The van der Waals surface area contributed by atoms with Gasteiger partial charge in [0.05, 0.1) is 0 Å². The van der Waals surface area contributed by atoms with Crippen LogP contribution in [0.25, 0.3) is 0 Å². The number of rotatable bonds is 2. The van der Waals surface area contributed by atoms with Gasteiger partial charge in [0.1, 0.15) is 5.70 Å².